The Morgan fingerprint density at radius 3 is 2.61 bits per heavy atom. The second kappa shape index (κ2) is 6.55. The molecule has 0 unspecified atom stereocenters. The number of carbonyl (C=O) groups excluding carboxylic acids is 1. The van der Waals surface area contributed by atoms with Gasteiger partial charge in [0.2, 0.25) is 5.91 Å². The maximum absolute atomic E-state index is 12.1. The first-order valence-corrected chi connectivity index (χ1v) is 6.80. The van der Waals surface area contributed by atoms with Gasteiger partial charge < -0.3 is 10.4 Å². The van der Waals surface area contributed by atoms with Crippen molar-refractivity contribution >= 4 is 11.6 Å². The molecule has 0 aliphatic heterocycles. The number of rotatable bonds is 3. The van der Waals surface area contributed by atoms with Crippen molar-refractivity contribution in [1.29, 1.82) is 0 Å². The predicted molar refractivity (Wildman–Crippen MR) is 72.2 cm³/mol. The summed E-state index contributed by atoms with van der Waals surface area (Å²) >= 11 is 0. The highest BCUT2D eigenvalue weighted by molar-refractivity contribution is 5.92. The van der Waals surface area contributed by atoms with Gasteiger partial charge in [0.1, 0.15) is 0 Å². The molecule has 1 fully saturated rings. The Bertz CT molecular complexity index is 395. The van der Waals surface area contributed by atoms with E-state index >= 15 is 0 Å². The van der Waals surface area contributed by atoms with Crippen molar-refractivity contribution in [2.24, 2.45) is 5.92 Å². The number of hydrogen-bond donors (Lipinski definition) is 2. The zero-order valence-electron chi connectivity index (χ0n) is 10.7. The molecule has 0 heterocycles. The third-order valence-electron chi connectivity index (χ3n) is 3.60. The van der Waals surface area contributed by atoms with Crippen LogP contribution in [0.3, 0.4) is 0 Å². The van der Waals surface area contributed by atoms with Gasteiger partial charge in [-0.05, 0) is 30.5 Å². The first kappa shape index (κ1) is 13.1. The monoisotopic (exact) mass is 247 g/mol. The largest absolute Gasteiger partial charge is 0.392 e. The Labute approximate surface area is 108 Å². The lowest BCUT2D eigenvalue weighted by molar-refractivity contribution is -0.120. The molecule has 0 aromatic heterocycles. The Hall–Kier alpha value is -1.35. The van der Waals surface area contributed by atoms with Gasteiger partial charge in [-0.3, -0.25) is 4.79 Å². The highest BCUT2D eigenvalue weighted by Crippen LogP contribution is 2.24. The van der Waals surface area contributed by atoms with Crippen LogP contribution < -0.4 is 5.32 Å². The van der Waals surface area contributed by atoms with E-state index in [0.29, 0.717) is 0 Å². The Balaban J connectivity index is 1.96. The van der Waals surface area contributed by atoms with E-state index in [9.17, 15) is 4.79 Å². The summed E-state index contributed by atoms with van der Waals surface area (Å²) in [5, 5.41) is 12.0. The molecule has 1 aliphatic carbocycles. The number of hydrogen-bond acceptors (Lipinski definition) is 2. The van der Waals surface area contributed by atoms with Crippen LogP contribution in [0.25, 0.3) is 0 Å². The van der Waals surface area contributed by atoms with Gasteiger partial charge in [-0.15, -0.1) is 0 Å². The molecule has 0 saturated heterocycles. The van der Waals surface area contributed by atoms with Crippen LogP contribution in [0.4, 0.5) is 5.69 Å². The summed E-state index contributed by atoms with van der Waals surface area (Å²) in [5.74, 6) is 0.289. The summed E-state index contributed by atoms with van der Waals surface area (Å²) in [5.41, 5.74) is 1.62. The molecule has 0 spiro atoms. The third-order valence-corrected chi connectivity index (χ3v) is 3.60. The SMILES string of the molecule is O=C(Nc1cccc(CO)c1)C1CCCCCC1. The fourth-order valence-electron chi connectivity index (χ4n) is 2.53. The van der Waals surface area contributed by atoms with Crippen molar-refractivity contribution in [3.8, 4) is 0 Å². The lowest BCUT2D eigenvalue weighted by atomic mass is 9.99. The number of nitrogens with one attached hydrogen (secondary N) is 1. The van der Waals surface area contributed by atoms with Crippen LogP contribution in [-0.2, 0) is 11.4 Å². The van der Waals surface area contributed by atoms with Crippen LogP contribution in [0.2, 0.25) is 0 Å². The molecule has 1 aliphatic rings. The summed E-state index contributed by atoms with van der Waals surface area (Å²) < 4.78 is 0. The molecular weight excluding hydrogens is 226 g/mol. The molecule has 1 saturated carbocycles. The van der Waals surface area contributed by atoms with Crippen LogP contribution in [0.1, 0.15) is 44.1 Å². The van der Waals surface area contributed by atoms with Gasteiger partial charge in [-0.2, -0.15) is 0 Å². The van der Waals surface area contributed by atoms with Crippen molar-refractivity contribution in [3.63, 3.8) is 0 Å². The molecule has 0 atom stereocenters. The van der Waals surface area contributed by atoms with Gasteiger partial charge in [0.25, 0.3) is 0 Å². The minimum Gasteiger partial charge on any atom is -0.392 e. The lowest BCUT2D eigenvalue weighted by Crippen LogP contribution is -2.22. The molecule has 0 bridgehead atoms. The van der Waals surface area contributed by atoms with E-state index in [4.69, 9.17) is 5.11 Å². The van der Waals surface area contributed by atoms with Crippen molar-refractivity contribution in [3.05, 3.63) is 29.8 Å². The van der Waals surface area contributed by atoms with Gasteiger partial charge in [-0.25, -0.2) is 0 Å². The van der Waals surface area contributed by atoms with Gasteiger partial charge in [0.15, 0.2) is 0 Å². The summed E-state index contributed by atoms with van der Waals surface area (Å²) in [4.78, 5) is 12.1. The molecule has 3 heteroatoms. The fraction of sp³-hybridized carbons (Fsp3) is 0.533. The predicted octanol–water partition coefficient (Wildman–Crippen LogP) is 3.09. The minimum absolute atomic E-state index is 0.00708. The van der Waals surface area contributed by atoms with Crippen LogP contribution in [0, 0.1) is 5.92 Å². The van der Waals surface area contributed by atoms with E-state index in [2.05, 4.69) is 5.32 Å². The van der Waals surface area contributed by atoms with Gasteiger partial charge in [0.05, 0.1) is 6.61 Å². The van der Waals surface area contributed by atoms with Crippen molar-refractivity contribution in [2.75, 3.05) is 5.32 Å². The smallest absolute Gasteiger partial charge is 0.227 e. The number of anilines is 1. The van der Waals surface area contributed by atoms with Gasteiger partial charge in [0, 0.05) is 11.6 Å². The average Bonchev–Trinajstić information content (AvgIpc) is 2.68. The molecular formula is C15H21NO2. The normalized spacial score (nSPS) is 17.2. The molecule has 98 valence electrons. The fourth-order valence-corrected chi connectivity index (χ4v) is 2.53. The summed E-state index contributed by atoms with van der Waals surface area (Å²) in [7, 11) is 0. The van der Waals surface area contributed by atoms with Crippen LogP contribution >= 0.6 is 0 Å². The summed E-state index contributed by atoms with van der Waals surface area (Å²) in [6.45, 7) is 0.00708. The zero-order valence-corrected chi connectivity index (χ0v) is 10.7. The van der Waals surface area contributed by atoms with E-state index < -0.39 is 0 Å². The van der Waals surface area contributed by atoms with Crippen LogP contribution in [-0.4, -0.2) is 11.0 Å². The standard InChI is InChI=1S/C15H21NO2/c17-11-12-6-5-9-14(10-12)16-15(18)13-7-3-1-2-4-8-13/h5-6,9-10,13,17H,1-4,7-8,11H2,(H,16,18). The number of benzene rings is 1. The highest BCUT2D eigenvalue weighted by atomic mass is 16.3. The Morgan fingerprint density at radius 2 is 1.94 bits per heavy atom. The van der Waals surface area contributed by atoms with E-state index in [-0.39, 0.29) is 18.4 Å². The topological polar surface area (TPSA) is 49.3 Å². The average molecular weight is 247 g/mol. The van der Waals surface area contributed by atoms with Gasteiger partial charge in [-0.1, -0.05) is 37.8 Å². The molecule has 3 nitrogen and oxygen atoms in total. The van der Waals surface area contributed by atoms with Crippen molar-refractivity contribution in [2.45, 2.75) is 45.1 Å². The van der Waals surface area contributed by atoms with E-state index in [1.807, 2.05) is 24.3 Å². The van der Waals surface area contributed by atoms with Crippen molar-refractivity contribution in [1.82, 2.24) is 0 Å². The second-order valence-electron chi connectivity index (χ2n) is 5.04. The minimum atomic E-state index is 0.00708. The number of amides is 1. The molecule has 2 N–H and O–H groups in total. The highest BCUT2D eigenvalue weighted by Gasteiger charge is 2.19. The number of aliphatic hydroxyl groups is 1. The van der Waals surface area contributed by atoms with Crippen LogP contribution in [0.15, 0.2) is 24.3 Å². The number of aliphatic hydroxyl groups excluding tert-OH is 1. The van der Waals surface area contributed by atoms with Crippen LogP contribution in [0.5, 0.6) is 0 Å². The molecule has 1 aromatic carbocycles. The third kappa shape index (κ3) is 3.57. The zero-order chi connectivity index (χ0) is 12.8. The maximum atomic E-state index is 12.1. The molecule has 0 radical (unpaired) electrons. The van der Waals surface area contributed by atoms with E-state index in [1.165, 1.54) is 12.8 Å². The Kier molecular flexibility index (Phi) is 4.76. The van der Waals surface area contributed by atoms with Gasteiger partial charge >= 0.3 is 0 Å². The van der Waals surface area contributed by atoms with E-state index in [1.54, 1.807) is 0 Å². The maximum Gasteiger partial charge on any atom is 0.227 e. The molecule has 1 amide bonds. The summed E-state index contributed by atoms with van der Waals surface area (Å²) in [6.07, 6.45) is 6.84. The second-order valence-corrected chi connectivity index (χ2v) is 5.04. The first-order valence-electron chi connectivity index (χ1n) is 6.80. The Morgan fingerprint density at radius 1 is 1.22 bits per heavy atom. The summed E-state index contributed by atoms with van der Waals surface area (Å²) in [6, 6.07) is 7.40. The number of carbonyl (C=O) groups is 1. The molecule has 1 aromatic rings. The van der Waals surface area contributed by atoms with E-state index in [0.717, 1.165) is 36.9 Å². The lowest BCUT2D eigenvalue weighted by Gasteiger charge is -2.14. The molecule has 18 heavy (non-hydrogen) atoms. The first-order chi connectivity index (χ1) is 8.79. The van der Waals surface area contributed by atoms with Crippen molar-refractivity contribution < 1.29 is 9.90 Å². The molecule has 2 rings (SSSR count). The quantitative estimate of drug-likeness (QED) is 0.806.